The molecule has 4 rings (SSSR count). The van der Waals surface area contributed by atoms with E-state index in [0.29, 0.717) is 23.5 Å². The fourth-order valence-corrected chi connectivity index (χ4v) is 3.21. The molecule has 1 aromatic heterocycles. The van der Waals surface area contributed by atoms with Crippen molar-refractivity contribution in [2.24, 2.45) is 5.10 Å². The molecule has 0 saturated carbocycles. The Hall–Kier alpha value is -4.08. The average Bonchev–Trinajstić information content (AvgIpc) is 2.81. The van der Waals surface area contributed by atoms with Gasteiger partial charge < -0.3 is 10.2 Å². The van der Waals surface area contributed by atoms with Crippen molar-refractivity contribution in [3.05, 3.63) is 70.3 Å². The Morgan fingerprint density at radius 2 is 1.65 bits per heavy atom. The van der Waals surface area contributed by atoms with Gasteiger partial charge in [-0.05, 0) is 37.0 Å². The monoisotopic (exact) mass is 418 g/mol. The van der Waals surface area contributed by atoms with Crippen LogP contribution in [0.5, 0.6) is 0 Å². The third-order valence-corrected chi connectivity index (χ3v) is 4.77. The lowest BCUT2D eigenvalue weighted by atomic mass is 10.1. The zero-order chi connectivity index (χ0) is 21.5. The highest BCUT2D eigenvalue weighted by atomic mass is 16.6. The first-order valence-electron chi connectivity index (χ1n) is 10.0. The number of rotatable bonds is 7. The van der Waals surface area contributed by atoms with E-state index < -0.39 is 4.92 Å². The van der Waals surface area contributed by atoms with E-state index in [2.05, 4.69) is 35.7 Å². The third-order valence-electron chi connectivity index (χ3n) is 4.77. The van der Waals surface area contributed by atoms with Crippen molar-refractivity contribution in [3.8, 4) is 0 Å². The van der Waals surface area contributed by atoms with Crippen molar-refractivity contribution in [2.45, 2.75) is 19.3 Å². The second-order valence-electron chi connectivity index (χ2n) is 7.04. The highest BCUT2D eigenvalue weighted by Crippen LogP contribution is 2.22. The maximum Gasteiger partial charge on any atom is 0.269 e. The molecule has 1 saturated heterocycles. The number of non-ortho nitro benzene ring substituents is 1. The third kappa shape index (κ3) is 5.50. The lowest BCUT2D eigenvalue weighted by Gasteiger charge is -2.26. The number of nitro groups is 1. The Balaban J connectivity index is 1.56. The van der Waals surface area contributed by atoms with Gasteiger partial charge in [0.1, 0.15) is 0 Å². The Labute approximate surface area is 179 Å². The normalized spacial score (nSPS) is 13.9. The second-order valence-corrected chi connectivity index (χ2v) is 7.04. The number of hydrogen-bond donors (Lipinski definition) is 2. The summed E-state index contributed by atoms with van der Waals surface area (Å²) in [6, 6.07) is 15.8. The second kappa shape index (κ2) is 9.61. The number of nitrogens with zero attached hydrogens (tertiary/aromatic N) is 6. The predicted octanol–water partition coefficient (Wildman–Crippen LogP) is 3.96. The van der Waals surface area contributed by atoms with E-state index in [1.54, 1.807) is 18.3 Å². The molecule has 0 atom stereocenters. The molecule has 2 heterocycles. The highest BCUT2D eigenvalue weighted by Gasteiger charge is 2.16. The molecule has 31 heavy (non-hydrogen) atoms. The van der Waals surface area contributed by atoms with Gasteiger partial charge in [-0.15, -0.1) is 0 Å². The van der Waals surface area contributed by atoms with Gasteiger partial charge in [-0.2, -0.15) is 20.1 Å². The topological polar surface area (TPSA) is 121 Å². The summed E-state index contributed by atoms with van der Waals surface area (Å²) in [4.78, 5) is 26.0. The van der Waals surface area contributed by atoms with Crippen molar-refractivity contribution in [1.82, 2.24) is 15.0 Å². The van der Waals surface area contributed by atoms with Crippen molar-refractivity contribution in [2.75, 3.05) is 28.7 Å². The van der Waals surface area contributed by atoms with Crippen LogP contribution in [-0.4, -0.2) is 39.2 Å². The number of hydrazone groups is 1. The van der Waals surface area contributed by atoms with E-state index in [4.69, 9.17) is 0 Å². The van der Waals surface area contributed by atoms with E-state index in [9.17, 15) is 10.1 Å². The van der Waals surface area contributed by atoms with Crippen LogP contribution in [0.2, 0.25) is 0 Å². The molecule has 10 heteroatoms. The summed E-state index contributed by atoms with van der Waals surface area (Å²) >= 11 is 0. The Morgan fingerprint density at radius 1 is 0.935 bits per heavy atom. The number of anilines is 4. The molecule has 0 radical (unpaired) electrons. The van der Waals surface area contributed by atoms with Crippen LogP contribution in [-0.2, 0) is 0 Å². The van der Waals surface area contributed by atoms with Gasteiger partial charge in [0.25, 0.3) is 5.69 Å². The molecule has 1 aliphatic heterocycles. The first-order valence-corrected chi connectivity index (χ1v) is 10.0. The standard InChI is InChI=1S/C21H22N8O2/c30-29(31)18-11-9-17(10-12-18)23-19-24-20(27-22-15-16-7-3-1-4-8-16)26-21(25-19)28-13-5-2-6-14-28/h1,3-4,7-12,15H,2,5-6,13-14H2,(H2,23,24,25,26,27)/b22-15+. The minimum Gasteiger partial charge on any atom is -0.341 e. The summed E-state index contributed by atoms with van der Waals surface area (Å²) < 4.78 is 0. The van der Waals surface area contributed by atoms with Crippen molar-refractivity contribution < 1.29 is 4.92 Å². The van der Waals surface area contributed by atoms with Crippen molar-refractivity contribution in [1.29, 1.82) is 0 Å². The number of hydrogen-bond acceptors (Lipinski definition) is 9. The lowest BCUT2D eigenvalue weighted by molar-refractivity contribution is -0.384. The Morgan fingerprint density at radius 3 is 2.35 bits per heavy atom. The molecule has 158 valence electrons. The highest BCUT2D eigenvalue weighted by molar-refractivity contribution is 5.79. The molecule has 0 bridgehead atoms. The largest absolute Gasteiger partial charge is 0.341 e. The summed E-state index contributed by atoms with van der Waals surface area (Å²) in [5, 5.41) is 18.2. The van der Waals surface area contributed by atoms with Gasteiger partial charge in [-0.1, -0.05) is 30.3 Å². The fourth-order valence-electron chi connectivity index (χ4n) is 3.21. The van der Waals surface area contributed by atoms with Crippen molar-refractivity contribution in [3.63, 3.8) is 0 Å². The van der Waals surface area contributed by atoms with Crippen LogP contribution < -0.4 is 15.6 Å². The molecule has 1 aliphatic rings. The van der Waals surface area contributed by atoms with Gasteiger partial charge in [0.05, 0.1) is 11.1 Å². The quantitative estimate of drug-likeness (QED) is 0.336. The van der Waals surface area contributed by atoms with E-state index in [1.165, 1.54) is 18.6 Å². The predicted molar refractivity (Wildman–Crippen MR) is 120 cm³/mol. The first-order chi connectivity index (χ1) is 15.2. The minimum atomic E-state index is -0.437. The fraction of sp³-hybridized carbons (Fsp3) is 0.238. The number of nitrogens with one attached hydrogen (secondary N) is 2. The van der Waals surface area contributed by atoms with E-state index in [-0.39, 0.29) is 5.69 Å². The lowest BCUT2D eigenvalue weighted by Crippen LogP contribution is -2.31. The van der Waals surface area contributed by atoms with Gasteiger partial charge >= 0.3 is 0 Å². The number of benzene rings is 2. The van der Waals surface area contributed by atoms with Gasteiger partial charge in [0.2, 0.25) is 17.8 Å². The number of aromatic nitrogens is 3. The van der Waals surface area contributed by atoms with Crippen LogP contribution in [0.25, 0.3) is 0 Å². The molecule has 0 spiro atoms. The molecule has 2 N–H and O–H groups in total. The minimum absolute atomic E-state index is 0.0211. The SMILES string of the molecule is O=[N+]([O-])c1ccc(Nc2nc(N/N=C/c3ccccc3)nc(N3CCCCC3)n2)cc1. The van der Waals surface area contributed by atoms with Crippen molar-refractivity contribution >= 4 is 35.4 Å². The van der Waals surface area contributed by atoms with E-state index in [1.807, 2.05) is 30.3 Å². The van der Waals surface area contributed by atoms with Gasteiger partial charge in [0, 0.05) is 30.9 Å². The molecule has 0 amide bonds. The van der Waals surface area contributed by atoms with Crippen LogP contribution in [0.15, 0.2) is 59.7 Å². The Kier molecular flexibility index (Phi) is 6.26. The van der Waals surface area contributed by atoms with Gasteiger partial charge in [-0.3, -0.25) is 10.1 Å². The summed E-state index contributed by atoms with van der Waals surface area (Å²) in [6.45, 7) is 1.77. The number of piperidine rings is 1. The molecule has 1 fully saturated rings. The first kappa shape index (κ1) is 20.2. The maximum absolute atomic E-state index is 10.9. The number of nitro benzene ring substituents is 1. The van der Waals surface area contributed by atoms with Gasteiger partial charge in [0.15, 0.2) is 0 Å². The maximum atomic E-state index is 10.9. The van der Waals surface area contributed by atoms with Crippen LogP contribution in [0, 0.1) is 10.1 Å². The smallest absolute Gasteiger partial charge is 0.269 e. The zero-order valence-electron chi connectivity index (χ0n) is 16.8. The zero-order valence-corrected chi connectivity index (χ0v) is 16.8. The van der Waals surface area contributed by atoms with Crippen LogP contribution >= 0.6 is 0 Å². The summed E-state index contributed by atoms with van der Waals surface area (Å²) in [5.41, 5.74) is 4.48. The van der Waals surface area contributed by atoms with Crippen LogP contribution in [0.3, 0.4) is 0 Å². The average molecular weight is 418 g/mol. The van der Waals surface area contributed by atoms with Crippen LogP contribution in [0.4, 0.5) is 29.2 Å². The molecule has 10 nitrogen and oxygen atoms in total. The van der Waals surface area contributed by atoms with Crippen LogP contribution in [0.1, 0.15) is 24.8 Å². The molecular weight excluding hydrogens is 396 g/mol. The van der Waals surface area contributed by atoms with E-state index >= 15 is 0 Å². The summed E-state index contributed by atoms with van der Waals surface area (Å²) in [7, 11) is 0. The summed E-state index contributed by atoms with van der Waals surface area (Å²) in [5.74, 6) is 1.21. The van der Waals surface area contributed by atoms with E-state index in [0.717, 1.165) is 31.5 Å². The molecule has 2 aromatic carbocycles. The molecule has 0 unspecified atom stereocenters. The summed E-state index contributed by atoms with van der Waals surface area (Å²) in [6.07, 6.45) is 5.06. The van der Waals surface area contributed by atoms with Gasteiger partial charge in [-0.25, -0.2) is 5.43 Å². The molecule has 3 aromatic rings. The molecule has 0 aliphatic carbocycles. The molecular formula is C21H22N8O2. The Bertz CT molecular complexity index is 1050.